The van der Waals surface area contributed by atoms with Gasteiger partial charge in [0, 0.05) is 54.9 Å². The summed E-state index contributed by atoms with van der Waals surface area (Å²) >= 11 is 0. The molecule has 0 bridgehead atoms. The Bertz CT molecular complexity index is 3870. The fourth-order valence-corrected chi connectivity index (χ4v) is 10.2. The lowest BCUT2D eigenvalue weighted by Gasteiger charge is -2.15. The van der Waals surface area contributed by atoms with Gasteiger partial charge in [-0.3, -0.25) is 0 Å². The first-order valence-electron chi connectivity index (χ1n) is 21.7. The SMILES string of the molecule is c1ccc(-n2c3ccccc3c3cc(-c4ccc(-c5cc(-c6ccc7c8ccccc8n(-c8ccccc8)c7c6)c6c(c5)c5ccccc5n6-c5ccccc5)cc4)ccc32)cc1. The maximum absolute atomic E-state index is 2.45. The summed E-state index contributed by atoms with van der Waals surface area (Å²) in [5.74, 6) is 0. The molecule has 0 unspecified atom stereocenters. The molecule has 10 aromatic carbocycles. The van der Waals surface area contributed by atoms with E-state index in [-0.39, 0.29) is 0 Å². The molecular formula is C60H39N3. The first-order chi connectivity index (χ1) is 31.3. The van der Waals surface area contributed by atoms with E-state index in [0.717, 1.165) is 11.4 Å². The molecule has 0 saturated carbocycles. The molecular weight excluding hydrogens is 763 g/mol. The van der Waals surface area contributed by atoms with Crippen LogP contribution in [-0.4, -0.2) is 13.7 Å². The Morgan fingerprint density at radius 1 is 0.206 bits per heavy atom. The lowest BCUT2D eigenvalue weighted by atomic mass is 9.93. The molecule has 0 N–H and O–H groups in total. The van der Waals surface area contributed by atoms with Crippen LogP contribution in [0.5, 0.6) is 0 Å². The van der Waals surface area contributed by atoms with Crippen LogP contribution in [0.1, 0.15) is 0 Å². The molecule has 0 radical (unpaired) electrons. The van der Waals surface area contributed by atoms with E-state index in [2.05, 4.69) is 250 Å². The third kappa shape index (κ3) is 5.53. The van der Waals surface area contributed by atoms with Crippen molar-refractivity contribution >= 4 is 65.4 Å². The number of aromatic nitrogens is 3. The Morgan fingerprint density at radius 2 is 0.603 bits per heavy atom. The minimum absolute atomic E-state index is 1.14. The maximum Gasteiger partial charge on any atom is 0.0619 e. The van der Waals surface area contributed by atoms with Gasteiger partial charge in [-0.2, -0.15) is 0 Å². The molecule has 3 heterocycles. The van der Waals surface area contributed by atoms with Crippen LogP contribution in [0.2, 0.25) is 0 Å². The van der Waals surface area contributed by atoms with E-state index >= 15 is 0 Å². The second kappa shape index (κ2) is 14.1. The molecule has 0 fully saturated rings. The minimum atomic E-state index is 1.14. The zero-order chi connectivity index (χ0) is 41.4. The minimum Gasteiger partial charge on any atom is -0.309 e. The summed E-state index contributed by atoms with van der Waals surface area (Å²) < 4.78 is 7.24. The molecule has 3 nitrogen and oxygen atoms in total. The van der Waals surface area contributed by atoms with Crippen molar-refractivity contribution in [1.29, 1.82) is 0 Å². The van der Waals surface area contributed by atoms with Gasteiger partial charge in [0.2, 0.25) is 0 Å². The van der Waals surface area contributed by atoms with Crippen molar-refractivity contribution in [2.45, 2.75) is 0 Å². The Balaban J connectivity index is 1.01. The fourth-order valence-electron chi connectivity index (χ4n) is 10.2. The highest BCUT2D eigenvalue weighted by atomic mass is 15.0. The van der Waals surface area contributed by atoms with Crippen LogP contribution in [0.25, 0.3) is 116 Å². The molecule has 0 spiro atoms. The summed E-state index contributed by atoms with van der Waals surface area (Å²) in [6, 6.07) is 86.5. The zero-order valence-corrected chi connectivity index (χ0v) is 34.4. The smallest absolute Gasteiger partial charge is 0.0619 e. The summed E-state index contributed by atoms with van der Waals surface area (Å²) in [6.45, 7) is 0. The van der Waals surface area contributed by atoms with Crippen molar-refractivity contribution in [3.05, 3.63) is 237 Å². The average Bonchev–Trinajstić information content (AvgIpc) is 4.00. The van der Waals surface area contributed by atoms with Crippen molar-refractivity contribution in [3.8, 4) is 50.4 Å². The number of hydrogen-bond donors (Lipinski definition) is 0. The van der Waals surface area contributed by atoms with Gasteiger partial charge in [-0.25, -0.2) is 0 Å². The maximum atomic E-state index is 2.45. The van der Waals surface area contributed by atoms with Gasteiger partial charge in [0.05, 0.1) is 33.1 Å². The average molecular weight is 802 g/mol. The first-order valence-corrected chi connectivity index (χ1v) is 21.7. The number of fused-ring (bicyclic) bond motifs is 9. The molecule has 3 heteroatoms. The second-order valence-corrected chi connectivity index (χ2v) is 16.5. The fraction of sp³-hybridized carbons (Fsp3) is 0. The number of rotatable bonds is 6. The molecule has 13 rings (SSSR count). The second-order valence-electron chi connectivity index (χ2n) is 16.5. The highest BCUT2D eigenvalue weighted by molar-refractivity contribution is 6.17. The van der Waals surface area contributed by atoms with Gasteiger partial charge in [-0.05, 0) is 113 Å². The van der Waals surface area contributed by atoms with Crippen LogP contribution in [0.15, 0.2) is 237 Å². The van der Waals surface area contributed by atoms with Crippen LogP contribution in [0, 0.1) is 0 Å². The van der Waals surface area contributed by atoms with Crippen LogP contribution in [0.3, 0.4) is 0 Å². The topological polar surface area (TPSA) is 14.8 Å². The van der Waals surface area contributed by atoms with E-state index in [4.69, 9.17) is 0 Å². The number of benzene rings is 10. The van der Waals surface area contributed by atoms with Crippen molar-refractivity contribution in [3.63, 3.8) is 0 Å². The number of hydrogen-bond acceptors (Lipinski definition) is 0. The predicted molar refractivity (Wildman–Crippen MR) is 266 cm³/mol. The van der Waals surface area contributed by atoms with Gasteiger partial charge in [0.25, 0.3) is 0 Å². The third-order valence-corrected chi connectivity index (χ3v) is 13.0. The van der Waals surface area contributed by atoms with E-state index in [9.17, 15) is 0 Å². The van der Waals surface area contributed by atoms with Gasteiger partial charge >= 0.3 is 0 Å². The molecule has 13 aromatic rings. The van der Waals surface area contributed by atoms with Crippen LogP contribution < -0.4 is 0 Å². The molecule has 0 amide bonds. The van der Waals surface area contributed by atoms with Gasteiger partial charge < -0.3 is 13.7 Å². The summed E-state index contributed by atoms with van der Waals surface area (Å²) in [6.07, 6.45) is 0. The van der Waals surface area contributed by atoms with Crippen molar-refractivity contribution in [2.24, 2.45) is 0 Å². The Kier molecular flexibility index (Phi) is 7.91. The Hall–Kier alpha value is -8.40. The lowest BCUT2D eigenvalue weighted by Crippen LogP contribution is -1.96. The largest absolute Gasteiger partial charge is 0.309 e. The number of nitrogens with zero attached hydrogens (tertiary/aromatic N) is 3. The van der Waals surface area contributed by atoms with Crippen LogP contribution >= 0.6 is 0 Å². The zero-order valence-electron chi connectivity index (χ0n) is 34.4. The van der Waals surface area contributed by atoms with Gasteiger partial charge in [-0.1, -0.05) is 152 Å². The summed E-state index contributed by atoms with van der Waals surface area (Å²) in [5.41, 5.74) is 17.8. The predicted octanol–water partition coefficient (Wildman–Crippen LogP) is 16.0. The standard InChI is InChI=1S/C60H39N3/c1-4-16-45(17-5-1)61-56-26-14-11-23-49(56)53-36-42(33-35-58(53)61)40-28-30-41(31-29-40)44-37-52(60-54(38-44)50-24-12-15-27-57(50)63(60)47-20-8-3-9-21-47)43-32-34-51-48-22-10-13-25-55(48)62(59(51)39-43)46-18-6-2-7-19-46/h1-39H. The lowest BCUT2D eigenvalue weighted by molar-refractivity contribution is 1.18. The van der Waals surface area contributed by atoms with Crippen LogP contribution in [0.4, 0.5) is 0 Å². The Labute approximate surface area is 364 Å². The summed E-state index contributed by atoms with van der Waals surface area (Å²) in [4.78, 5) is 0. The highest BCUT2D eigenvalue weighted by Crippen LogP contribution is 2.44. The van der Waals surface area contributed by atoms with Crippen molar-refractivity contribution in [1.82, 2.24) is 13.7 Å². The van der Waals surface area contributed by atoms with Crippen LogP contribution in [-0.2, 0) is 0 Å². The molecule has 0 atom stereocenters. The van der Waals surface area contributed by atoms with Crippen molar-refractivity contribution < 1.29 is 0 Å². The Morgan fingerprint density at radius 3 is 1.21 bits per heavy atom. The first kappa shape index (κ1) is 35.4. The molecule has 0 aliphatic carbocycles. The summed E-state index contributed by atoms with van der Waals surface area (Å²) in [7, 11) is 0. The molecule has 0 aliphatic rings. The normalized spacial score (nSPS) is 11.8. The van der Waals surface area contributed by atoms with E-state index in [1.54, 1.807) is 0 Å². The molecule has 0 saturated heterocycles. The third-order valence-electron chi connectivity index (χ3n) is 13.0. The quantitative estimate of drug-likeness (QED) is 0.159. The molecule has 0 aliphatic heterocycles. The number of para-hydroxylation sites is 6. The van der Waals surface area contributed by atoms with E-state index in [1.165, 1.54) is 104 Å². The monoisotopic (exact) mass is 801 g/mol. The van der Waals surface area contributed by atoms with Gasteiger partial charge in [0.15, 0.2) is 0 Å². The molecule has 294 valence electrons. The highest BCUT2D eigenvalue weighted by Gasteiger charge is 2.21. The van der Waals surface area contributed by atoms with Gasteiger partial charge in [0.1, 0.15) is 0 Å². The van der Waals surface area contributed by atoms with E-state index < -0.39 is 0 Å². The van der Waals surface area contributed by atoms with E-state index in [1.807, 2.05) is 0 Å². The molecule has 3 aromatic heterocycles. The van der Waals surface area contributed by atoms with Gasteiger partial charge in [-0.15, -0.1) is 0 Å². The van der Waals surface area contributed by atoms with Crippen molar-refractivity contribution in [2.75, 3.05) is 0 Å². The van der Waals surface area contributed by atoms with E-state index in [0.29, 0.717) is 0 Å². The summed E-state index contributed by atoms with van der Waals surface area (Å²) in [5, 5.41) is 7.47. The molecule has 63 heavy (non-hydrogen) atoms.